The largest absolute Gasteiger partial charge is 0.340 e. The molecule has 2 amide bonds. The molecule has 2 heterocycles. The number of anilines is 3. The van der Waals surface area contributed by atoms with E-state index >= 15 is 0 Å². The maximum Gasteiger partial charge on any atom is 0.253 e. The smallest absolute Gasteiger partial charge is 0.253 e. The van der Waals surface area contributed by atoms with Crippen molar-refractivity contribution in [3.8, 4) is 0 Å². The van der Waals surface area contributed by atoms with E-state index in [2.05, 4.69) is 15.6 Å². The first-order valence-electron chi connectivity index (χ1n) is 10.5. The average Bonchev–Trinajstić information content (AvgIpc) is 2.81. The summed E-state index contributed by atoms with van der Waals surface area (Å²) in [4.78, 5) is 31.8. The molecule has 1 fully saturated rings. The highest BCUT2D eigenvalue weighted by molar-refractivity contribution is 5.96. The lowest BCUT2D eigenvalue weighted by Crippen LogP contribution is -2.43. The molecule has 3 aromatic rings. The second kappa shape index (κ2) is 9.43. The summed E-state index contributed by atoms with van der Waals surface area (Å²) in [5.41, 5.74) is 3.38. The fourth-order valence-electron chi connectivity index (χ4n) is 3.71. The van der Waals surface area contributed by atoms with Gasteiger partial charge in [0.1, 0.15) is 5.82 Å². The van der Waals surface area contributed by atoms with Crippen molar-refractivity contribution >= 4 is 29.0 Å². The molecule has 0 bridgehead atoms. The van der Waals surface area contributed by atoms with Gasteiger partial charge in [0.15, 0.2) is 0 Å². The number of nitrogens with one attached hydrogen (secondary N) is 2. The topological polar surface area (TPSA) is 74.3 Å². The lowest BCUT2D eigenvalue weighted by Gasteiger charge is -2.32. The highest BCUT2D eigenvalue weighted by atomic mass is 16.2. The average molecular weight is 415 g/mol. The summed E-state index contributed by atoms with van der Waals surface area (Å²) < 4.78 is 0. The molecule has 0 aliphatic carbocycles. The Labute approximate surface area is 182 Å². The van der Waals surface area contributed by atoms with Crippen LogP contribution >= 0.6 is 0 Å². The molecule has 4 rings (SSSR count). The summed E-state index contributed by atoms with van der Waals surface area (Å²) in [6, 6.07) is 21.0. The van der Waals surface area contributed by atoms with Gasteiger partial charge in [0, 0.05) is 24.3 Å². The molecule has 1 aliphatic heterocycles. The van der Waals surface area contributed by atoms with Crippen molar-refractivity contribution in [3.05, 3.63) is 84.1 Å². The zero-order chi connectivity index (χ0) is 21.6. The van der Waals surface area contributed by atoms with Crippen molar-refractivity contribution < 1.29 is 9.59 Å². The molecule has 31 heavy (non-hydrogen) atoms. The fourth-order valence-corrected chi connectivity index (χ4v) is 3.71. The standard InChI is InChI=1S/C25H26N4O2/c1-18-9-11-19(12-10-18)25(31)29-15-5-6-20(17-29)24(30)28-22-13-14-23(26-16-22)27-21-7-3-2-4-8-21/h2-4,7-14,16,20H,5-6,15,17H2,1H3,(H,26,27)(H,28,30)/t20-/m1/s1. The highest BCUT2D eigenvalue weighted by Gasteiger charge is 2.29. The van der Waals surface area contributed by atoms with E-state index in [1.165, 1.54) is 0 Å². The Bertz CT molecular complexity index is 1030. The molecular weight excluding hydrogens is 388 g/mol. The van der Waals surface area contributed by atoms with Gasteiger partial charge in [0.05, 0.1) is 17.8 Å². The third-order valence-corrected chi connectivity index (χ3v) is 5.46. The van der Waals surface area contributed by atoms with E-state index in [0.29, 0.717) is 30.2 Å². The number of amides is 2. The Morgan fingerprint density at radius 2 is 1.74 bits per heavy atom. The third kappa shape index (κ3) is 5.28. The molecule has 0 radical (unpaired) electrons. The van der Waals surface area contributed by atoms with Gasteiger partial charge in [-0.3, -0.25) is 9.59 Å². The molecule has 2 N–H and O–H groups in total. The number of para-hydroxylation sites is 1. The Hall–Kier alpha value is -3.67. The highest BCUT2D eigenvalue weighted by Crippen LogP contribution is 2.21. The number of carbonyl (C=O) groups excluding carboxylic acids is 2. The van der Waals surface area contributed by atoms with Crippen LogP contribution in [0.3, 0.4) is 0 Å². The summed E-state index contributed by atoms with van der Waals surface area (Å²) in [5, 5.41) is 6.16. The van der Waals surface area contributed by atoms with Gasteiger partial charge in [-0.15, -0.1) is 0 Å². The quantitative estimate of drug-likeness (QED) is 0.639. The molecule has 1 aromatic heterocycles. The zero-order valence-electron chi connectivity index (χ0n) is 17.5. The monoisotopic (exact) mass is 414 g/mol. The zero-order valence-corrected chi connectivity index (χ0v) is 17.5. The lowest BCUT2D eigenvalue weighted by atomic mass is 9.96. The number of pyridine rings is 1. The van der Waals surface area contributed by atoms with Gasteiger partial charge >= 0.3 is 0 Å². The van der Waals surface area contributed by atoms with E-state index in [4.69, 9.17) is 0 Å². The number of benzene rings is 2. The number of piperidine rings is 1. The first kappa shape index (κ1) is 20.6. The van der Waals surface area contributed by atoms with Crippen LogP contribution < -0.4 is 10.6 Å². The summed E-state index contributed by atoms with van der Waals surface area (Å²) in [6.07, 6.45) is 3.22. The van der Waals surface area contributed by atoms with Crippen LogP contribution in [0.4, 0.5) is 17.2 Å². The van der Waals surface area contributed by atoms with Crippen LogP contribution in [-0.4, -0.2) is 34.8 Å². The van der Waals surface area contributed by atoms with E-state index in [0.717, 1.165) is 24.1 Å². The van der Waals surface area contributed by atoms with Gasteiger partial charge in [-0.2, -0.15) is 0 Å². The number of nitrogens with zero attached hydrogens (tertiary/aromatic N) is 2. The Morgan fingerprint density at radius 1 is 0.968 bits per heavy atom. The predicted molar refractivity (Wildman–Crippen MR) is 122 cm³/mol. The molecule has 6 nitrogen and oxygen atoms in total. The molecule has 1 aliphatic rings. The van der Waals surface area contributed by atoms with Gasteiger partial charge in [-0.1, -0.05) is 35.9 Å². The summed E-state index contributed by atoms with van der Waals surface area (Å²) in [6.45, 7) is 3.10. The van der Waals surface area contributed by atoms with E-state index in [-0.39, 0.29) is 17.7 Å². The van der Waals surface area contributed by atoms with E-state index in [1.807, 2.05) is 73.7 Å². The van der Waals surface area contributed by atoms with Crippen LogP contribution in [0.1, 0.15) is 28.8 Å². The number of aromatic nitrogens is 1. The van der Waals surface area contributed by atoms with Crippen LogP contribution in [0.15, 0.2) is 72.9 Å². The minimum atomic E-state index is -0.231. The second-order valence-corrected chi connectivity index (χ2v) is 7.87. The van der Waals surface area contributed by atoms with Crippen LogP contribution in [0.25, 0.3) is 0 Å². The maximum atomic E-state index is 12.8. The van der Waals surface area contributed by atoms with Crippen molar-refractivity contribution in [2.75, 3.05) is 23.7 Å². The molecule has 2 aromatic carbocycles. The first-order chi connectivity index (χ1) is 15.1. The van der Waals surface area contributed by atoms with Gasteiger partial charge in [0.25, 0.3) is 5.91 Å². The molecule has 6 heteroatoms. The van der Waals surface area contributed by atoms with Gasteiger partial charge in [-0.05, 0) is 56.2 Å². The lowest BCUT2D eigenvalue weighted by molar-refractivity contribution is -0.121. The molecule has 0 unspecified atom stereocenters. The number of carbonyl (C=O) groups is 2. The van der Waals surface area contributed by atoms with Crippen LogP contribution in [0.5, 0.6) is 0 Å². The van der Waals surface area contributed by atoms with Crippen LogP contribution in [0.2, 0.25) is 0 Å². The summed E-state index contributed by atoms with van der Waals surface area (Å²) in [7, 11) is 0. The number of hydrogen-bond acceptors (Lipinski definition) is 4. The molecule has 158 valence electrons. The van der Waals surface area contributed by atoms with Crippen molar-refractivity contribution in [2.24, 2.45) is 5.92 Å². The SMILES string of the molecule is Cc1ccc(C(=O)N2CCC[C@@H](C(=O)Nc3ccc(Nc4ccccc4)nc3)C2)cc1. The van der Waals surface area contributed by atoms with Crippen LogP contribution in [0, 0.1) is 12.8 Å². The Morgan fingerprint density at radius 3 is 2.45 bits per heavy atom. The second-order valence-electron chi connectivity index (χ2n) is 7.87. The van der Waals surface area contributed by atoms with Crippen molar-refractivity contribution in [3.63, 3.8) is 0 Å². The third-order valence-electron chi connectivity index (χ3n) is 5.46. The Balaban J connectivity index is 1.34. The number of hydrogen-bond donors (Lipinski definition) is 2. The Kier molecular flexibility index (Phi) is 6.26. The normalized spacial score (nSPS) is 15.9. The van der Waals surface area contributed by atoms with E-state index in [9.17, 15) is 9.59 Å². The summed E-state index contributed by atoms with van der Waals surface area (Å²) in [5.74, 6) is 0.379. The van der Waals surface area contributed by atoms with E-state index < -0.39 is 0 Å². The maximum absolute atomic E-state index is 12.8. The van der Waals surface area contributed by atoms with E-state index in [1.54, 1.807) is 11.1 Å². The van der Waals surface area contributed by atoms with Crippen molar-refractivity contribution in [1.82, 2.24) is 9.88 Å². The van der Waals surface area contributed by atoms with Gasteiger partial charge < -0.3 is 15.5 Å². The van der Waals surface area contributed by atoms with Gasteiger partial charge in [0.2, 0.25) is 5.91 Å². The van der Waals surface area contributed by atoms with Gasteiger partial charge in [-0.25, -0.2) is 4.98 Å². The minimum absolute atomic E-state index is 0.0181. The molecule has 1 saturated heterocycles. The molecular formula is C25H26N4O2. The van der Waals surface area contributed by atoms with Crippen LogP contribution in [-0.2, 0) is 4.79 Å². The fraction of sp³-hybridized carbons (Fsp3) is 0.240. The van der Waals surface area contributed by atoms with Crippen molar-refractivity contribution in [1.29, 1.82) is 0 Å². The first-order valence-corrected chi connectivity index (χ1v) is 10.5. The number of likely N-dealkylation sites (tertiary alicyclic amines) is 1. The number of rotatable bonds is 5. The molecule has 0 spiro atoms. The molecule has 1 atom stereocenters. The summed E-state index contributed by atoms with van der Waals surface area (Å²) >= 11 is 0. The van der Waals surface area contributed by atoms with Crippen molar-refractivity contribution in [2.45, 2.75) is 19.8 Å². The predicted octanol–water partition coefficient (Wildman–Crippen LogP) is 4.62. The number of aryl methyl sites for hydroxylation is 1. The minimum Gasteiger partial charge on any atom is -0.340 e. The molecule has 0 saturated carbocycles.